The number of hydrogen-bond acceptors (Lipinski definition) is 1. The number of aliphatic hydroxyl groups excluding tert-OH is 1. The Morgan fingerprint density at radius 3 is 3.00 bits per heavy atom. The molecule has 11 heavy (non-hydrogen) atoms. The van der Waals surface area contributed by atoms with Crippen molar-refractivity contribution in [1.82, 2.24) is 0 Å². The minimum absolute atomic E-state index is 0.276. The maximum Gasteiger partial charge on any atom is 0.140 e. The molecule has 0 aromatic rings. The van der Waals surface area contributed by atoms with Gasteiger partial charge in [-0.3, -0.25) is 0 Å². The molecule has 0 saturated carbocycles. The molecule has 0 bridgehead atoms. The lowest BCUT2D eigenvalue weighted by Gasteiger charge is -2.33. The Morgan fingerprint density at radius 2 is 2.45 bits per heavy atom. The Hall–Kier alpha value is -0.520. The molecule has 1 fully saturated rings. The Balaban J connectivity index is 2.60. The van der Waals surface area contributed by atoms with E-state index in [1.807, 2.05) is 0 Å². The summed E-state index contributed by atoms with van der Waals surface area (Å²) < 4.78 is 0.868. The van der Waals surface area contributed by atoms with Gasteiger partial charge in [0.15, 0.2) is 0 Å². The van der Waals surface area contributed by atoms with Crippen molar-refractivity contribution in [3.63, 3.8) is 0 Å². The molecule has 0 amide bonds. The van der Waals surface area contributed by atoms with Crippen LogP contribution in [0.15, 0.2) is 0 Å². The van der Waals surface area contributed by atoms with Gasteiger partial charge in [-0.15, -0.1) is 6.42 Å². The summed E-state index contributed by atoms with van der Waals surface area (Å²) >= 11 is 0. The van der Waals surface area contributed by atoms with Crippen LogP contribution in [-0.4, -0.2) is 42.4 Å². The smallest absolute Gasteiger partial charge is 0.140 e. The highest BCUT2D eigenvalue weighted by Crippen LogP contribution is 2.23. The molecule has 1 aliphatic heterocycles. The van der Waals surface area contributed by atoms with Gasteiger partial charge in [-0.1, -0.05) is 0 Å². The van der Waals surface area contributed by atoms with Crippen LogP contribution in [0.5, 0.6) is 0 Å². The molecule has 62 valence electrons. The minimum atomic E-state index is 0.276. The third-order valence-electron chi connectivity index (χ3n) is 2.75. The van der Waals surface area contributed by atoms with Gasteiger partial charge in [-0.2, -0.15) is 0 Å². The number of likely N-dealkylation sites (tertiary alicyclic amines) is 1. The van der Waals surface area contributed by atoms with Crippen molar-refractivity contribution < 1.29 is 9.59 Å². The van der Waals surface area contributed by atoms with E-state index in [4.69, 9.17) is 11.5 Å². The van der Waals surface area contributed by atoms with Gasteiger partial charge >= 0.3 is 0 Å². The Kier molecular flexibility index (Phi) is 2.53. The van der Waals surface area contributed by atoms with Crippen LogP contribution in [0.25, 0.3) is 0 Å². The van der Waals surface area contributed by atoms with Crippen LogP contribution in [0.1, 0.15) is 12.8 Å². The second-order valence-electron chi connectivity index (χ2n) is 3.54. The first kappa shape index (κ1) is 8.58. The van der Waals surface area contributed by atoms with Gasteiger partial charge in [0.2, 0.25) is 0 Å². The number of likely N-dealkylation sites (N-methyl/N-ethyl adjacent to an activating group) is 1. The summed E-state index contributed by atoms with van der Waals surface area (Å²) in [7, 11) is 2.13. The van der Waals surface area contributed by atoms with E-state index in [0.29, 0.717) is 6.04 Å². The fourth-order valence-electron chi connectivity index (χ4n) is 1.89. The largest absolute Gasteiger partial charge is 0.390 e. The summed E-state index contributed by atoms with van der Waals surface area (Å²) in [5.41, 5.74) is 0. The molecule has 1 N–H and O–H groups in total. The highest BCUT2D eigenvalue weighted by Gasteiger charge is 2.36. The molecule has 1 rings (SSSR count). The van der Waals surface area contributed by atoms with Crippen LogP contribution in [-0.2, 0) is 0 Å². The number of hydrogen-bond donors (Lipinski definition) is 1. The van der Waals surface area contributed by atoms with Crippen molar-refractivity contribution in [1.29, 1.82) is 0 Å². The first-order valence-electron chi connectivity index (χ1n) is 4.11. The van der Waals surface area contributed by atoms with E-state index in [2.05, 4.69) is 13.0 Å². The summed E-state index contributed by atoms with van der Waals surface area (Å²) in [5.74, 6) is 2.68. The number of aliphatic hydroxyl groups is 1. The normalized spacial score (nSPS) is 37.0. The van der Waals surface area contributed by atoms with Crippen LogP contribution in [0.4, 0.5) is 0 Å². The van der Waals surface area contributed by atoms with Gasteiger partial charge < -0.3 is 9.59 Å². The van der Waals surface area contributed by atoms with E-state index < -0.39 is 0 Å². The van der Waals surface area contributed by atoms with E-state index in [0.717, 1.165) is 24.0 Å². The Labute approximate surface area is 68.4 Å². The maximum atomic E-state index is 9.04. The van der Waals surface area contributed by atoms with Crippen molar-refractivity contribution in [2.24, 2.45) is 0 Å². The molecule has 0 aromatic heterocycles. The summed E-state index contributed by atoms with van der Waals surface area (Å²) in [4.78, 5) is 0. The van der Waals surface area contributed by atoms with E-state index in [9.17, 15) is 0 Å². The predicted octanol–water partition coefficient (Wildman–Crippen LogP) is 0.221. The summed E-state index contributed by atoms with van der Waals surface area (Å²) in [6.07, 6.45) is 7.58. The predicted molar refractivity (Wildman–Crippen MR) is 44.9 cm³/mol. The molecule has 1 unspecified atom stereocenters. The van der Waals surface area contributed by atoms with Crippen LogP contribution < -0.4 is 0 Å². The molecule has 0 radical (unpaired) electrons. The lowest BCUT2D eigenvalue weighted by molar-refractivity contribution is -0.914. The van der Waals surface area contributed by atoms with E-state index in [1.54, 1.807) is 0 Å². The third-order valence-corrected chi connectivity index (χ3v) is 2.75. The molecule has 1 saturated heterocycles. The second-order valence-corrected chi connectivity index (χ2v) is 3.54. The number of quaternary nitrogens is 1. The second kappa shape index (κ2) is 3.25. The van der Waals surface area contributed by atoms with Crippen molar-refractivity contribution in [3.8, 4) is 12.3 Å². The fraction of sp³-hybridized carbons (Fsp3) is 0.778. The topological polar surface area (TPSA) is 20.2 Å². The van der Waals surface area contributed by atoms with Crippen LogP contribution in [0.3, 0.4) is 0 Å². The molecule has 1 aliphatic rings. The molecule has 1 heterocycles. The Morgan fingerprint density at radius 1 is 1.73 bits per heavy atom. The van der Waals surface area contributed by atoms with Crippen LogP contribution in [0.2, 0.25) is 0 Å². The number of terminal acetylenes is 1. The molecule has 2 atom stereocenters. The minimum Gasteiger partial charge on any atom is -0.390 e. The monoisotopic (exact) mass is 154 g/mol. The van der Waals surface area contributed by atoms with Crippen molar-refractivity contribution in [3.05, 3.63) is 0 Å². The molecule has 0 spiro atoms. The number of nitrogens with zero attached hydrogens (tertiary/aromatic N) is 1. The van der Waals surface area contributed by atoms with Gasteiger partial charge in [-0.25, -0.2) is 0 Å². The number of rotatable bonds is 2. The van der Waals surface area contributed by atoms with Crippen molar-refractivity contribution >= 4 is 0 Å². The molecular weight excluding hydrogens is 138 g/mol. The van der Waals surface area contributed by atoms with E-state index in [1.165, 1.54) is 6.42 Å². The maximum absolute atomic E-state index is 9.04. The first-order valence-corrected chi connectivity index (χ1v) is 4.11. The van der Waals surface area contributed by atoms with Gasteiger partial charge in [0.25, 0.3) is 0 Å². The average molecular weight is 154 g/mol. The first-order chi connectivity index (χ1) is 5.23. The van der Waals surface area contributed by atoms with Crippen LogP contribution >= 0.6 is 0 Å². The van der Waals surface area contributed by atoms with Crippen molar-refractivity contribution in [2.45, 2.75) is 18.9 Å². The van der Waals surface area contributed by atoms with Gasteiger partial charge in [0.1, 0.15) is 12.6 Å². The van der Waals surface area contributed by atoms with Gasteiger partial charge in [0.05, 0.1) is 20.2 Å². The average Bonchev–Trinajstić information content (AvgIpc) is 2.31. The van der Waals surface area contributed by atoms with E-state index >= 15 is 0 Å². The zero-order valence-electron chi connectivity index (χ0n) is 7.08. The fourth-order valence-corrected chi connectivity index (χ4v) is 1.89. The molecule has 0 aliphatic carbocycles. The molecule has 2 nitrogen and oxygen atoms in total. The summed E-state index contributed by atoms with van der Waals surface area (Å²) in [6, 6.07) is 0.381. The van der Waals surface area contributed by atoms with Gasteiger partial charge in [0, 0.05) is 12.8 Å². The zero-order chi connectivity index (χ0) is 8.32. The zero-order valence-corrected chi connectivity index (χ0v) is 7.08. The summed E-state index contributed by atoms with van der Waals surface area (Å²) in [6.45, 7) is 2.15. The van der Waals surface area contributed by atoms with E-state index in [-0.39, 0.29) is 6.61 Å². The van der Waals surface area contributed by atoms with Gasteiger partial charge in [-0.05, 0) is 5.92 Å². The highest BCUT2D eigenvalue weighted by molar-refractivity contribution is 4.85. The lowest BCUT2D eigenvalue weighted by atomic mass is 10.2. The van der Waals surface area contributed by atoms with Crippen LogP contribution in [0, 0.1) is 12.3 Å². The summed E-state index contributed by atoms with van der Waals surface area (Å²) in [5, 5.41) is 9.04. The lowest BCUT2D eigenvalue weighted by Crippen LogP contribution is -2.49. The standard InChI is InChI=1S/C9H16NO/c1-3-6-10(2)7-4-5-9(10)8-11/h1,9,11H,4-8H2,2H3/q+1/t9-,10?/m1/s1. The molecule has 0 aromatic carbocycles. The van der Waals surface area contributed by atoms with Crippen molar-refractivity contribution in [2.75, 3.05) is 26.7 Å². The molecule has 2 heteroatoms. The SMILES string of the molecule is C#CC[N+]1(C)CCC[C@@H]1CO. The quantitative estimate of drug-likeness (QED) is 0.445. The third kappa shape index (κ3) is 1.55. The Bertz CT molecular complexity index is 173. The highest BCUT2D eigenvalue weighted by atomic mass is 16.3. The molecular formula is C9H16NO+.